The summed E-state index contributed by atoms with van der Waals surface area (Å²) in [5.74, 6) is 0. The lowest BCUT2D eigenvalue weighted by Gasteiger charge is -2.01. The van der Waals surface area contributed by atoms with Crippen LogP contribution in [0.5, 0.6) is 0 Å². The SMILES string of the molecule is Cn1nc(C(F)(F)F)cc1-c1ccc(I)cc1. The molecule has 0 N–H and O–H groups in total. The Kier molecular flexibility index (Phi) is 3.15. The first-order valence-corrected chi connectivity index (χ1v) is 5.83. The van der Waals surface area contributed by atoms with Gasteiger partial charge in [0.05, 0.1) is 5.69 Å². The molecule has 17 heavy (non-hydrogen) atoms. The van der Waals surface area contributed by atoms with Crippen LogP contribution in [-0.2, 0) is 13.2 Å². The predicted octanol–water partition coefficient (Wildman–Crippen LogP) is 3.71. The second-order valence-electron chi connectivity index (χ2n) is 3.54. The molecule has 0 aliphatic rings. The number of hydrogen-bond donors (Lipinski definition) is 0. The fourth-order valence-electron chi connectivity index (χ4n) is 1.50. The fraction of sp³-hybridized carbons (Fsp3) is 0.182. The second kappa shape index (κ2) is 4.32. The predicted molar refractivity (Wildman–Crippen MR) is 66.4 cm³/mol. The van der Waals surface area contributed by atoms with Crippen molar-refractivity contribution < 1.29 is 13.2 Å². The quantitative estimate of drug-likeness (QED) is 0.716. The zero-order chi connectivity index (χ0) is 12.6. The average molecular weight is 352 g/mol. The van der Waals surface area contributed by atoms with Gasteiger partial charge in [-0.15, -0.1) is 0 Å². The molecule has 0 saturated carbocycles. The molecule has 6 heteroatoms. The molecule has 1 heterocycles. The zero-order valence-corrected chi connectivity index (χ0v) is 11.0. The smallest absolute Gasteiger partial charge is 0.267 e. The maximum Gasteiger partial charge on any atom is 0.435 e. The minimum atomic E-state index is -4.40. The van der Waals surface area contributed by atoms with E-state index in [1.807, 2.05) is 12.1 Å². The van der Waals surface area contributed by atoms with E-state index in [0.29, 0.717) is 5.69 Å². The monoisotopic (exact) mass is 352 g/mol. The van der Waals surface area contributed by atoms with Crippen molar-refractivity contribution in [2.75, 3.05) is 0 Å². The normalized spacial score (nSPS) is 11.8. The molecule has 2 nitrogen and oxygen atoms in total. The molecule has 0 fully saturated rings. The number of rotatable bonds is 1. The third-order valence-corrected chi connectivity index (χ3v) is 3.03. The Morgan fingerprint density at radius 2 is 1.76 bits per heavy atom. The molecular formula is C11H8F3IN2. The van der Waals surface area contributed by atoms with Gasteiger partial charge in [0.1, 0.15) is 0 Å². The summed E-state index contributed by atoms with van der Waals surface area (Å²) in [7, 11) is 1.50. The van der Waals surface area contributed by atoms with Crippen molar-refractivity contribution in [3.8, 4) is 11.3 Å². The van der Waals surface area contributed by atoms with Gasteiger partial charge in [0.25, 0.3) is 0 Å². The summed E-state index contributed by atoms with van der Waals surface area (Å²) in [6.07, 6.45) is -4.40. The molecule has 0 unspecified atom stereocenters. The molecule has 2 aromatic rings. The lowest BCUT2D eigenvalue weighted by molar-refractivity contribution is -0.141. The van der Waals surface area contributed by atoms with Crippen LogP contribution < -0.4 is 0 Å². The first-order valence-electron chi connectivity index (χ1n) is 4.75. The van der Waals surface area contributed by atoms with E-state index in [-0.39, 0.29) is 0 Å². The molecular weight excluding hydrogens is 344 g/mol. The summed E-state index contributed by atoms with van der Waals surface area (Å²) in [6, 6.07) is 8.30. The Morgan fingerprint density at radius 1 is 1.18 bits per heavy atom. The van der Waals surface area contributed by atoms with Crippen LogP contribution in [0.25, 0.3) is 11.3 Å². The van der Waals surface area contributed by atoms with E-state index in [1.54, 1.807) is 12.1 Å². The van der Waals surface area contributed by atoms with Crippen molar-refractivity contribution in [3.05, 3.63) is 39.6 Å². The molecule has 0 spiro atoms. The van der Waals surface area contributed by atoms with Gasteiger partial charge < -0.3 is 0 Å². The zero-order valence-electron chi connectivity index (χ0n) is 8.79. The summed E-state index contributed by atoms with van der Waals surface area (Å²) in [4.78, 5) is 0. The topological polar surface area (TPSA) is 17.8 Å². The summed E-state index contributed by atoms with van der Waals surface area (Å²) < 4.78 is 39.7. The first-order chi connectivity index (χ1) is 7.88. The maximum atomic E-state index is 12.5. The number of aromatic nitrogens is 2. The minimum absolute atomic E-state index is 0.453. The maximum absolute atomic E-state index is 12.5. The second-order valence-corrected chi connectivity index (χ2v) is 4.79. The van der Waals surface area contributed by atoms with Crippen LogP contribution in [0.4, 0.5) is 13.2 Å². The van der Waals surface area contributed by atoms with Crippen LogP contribution in [0.15, 0.2) is 30.3 Å². The highest BCUT2D eigenvalue weighted by Crippen LogP contribution is 2.31. The molecule has 0 radical (unpaired) electrons. The van der Waals surface area contributed by atoms with Crippen molar-refractivity contribution in [1.82, 2.24) is 9.78 Å². The van der Waals surface area contributed by atoms with Crippen molar-refractivity contribution in [2.45, 2.75) is 6.18 Å². The molecule has 0 atom stereocenters. The summed E-state index contributed by atoms with van der Waals surface area (Å²) in [5.41, 5.74) is 0.304. The standard InChI is InChI=1S/C11H8F3IN2/c1-17-9(6-10(16-17)11(12,13)14)7-2-4-8(15)5-3-7/h2-6H,1H3. The van der Waals surface area contributed by atoms with Crippen LogP contribution in [0, 0.1) is 3.57 Å². The average Bonchev–Trinajstić information content (AvgIpc) is 2.61. The number of halogens is 4. The van der Waals surface area contributed by atoms with Crippen molar-refractivity contribution in [1.29, 1.82) is 0 Å². The van der Waals surface area contributed by atoms with Gasteiger partial charge in [-0.2, -0.15) is 18.3 Å². The van der Waals surface area contributed by atoms with Gasteiger partial charge in [0.2, 0.25) is 0 Å². The molecule has 0 aliphatic heterocycles. The van der Waals surface area contributed by atoms with Crippen LogP contribution in [0.3, 0.4) is 0 Å². The van der Waals surface area contributed by atoms with Gasteiger partial charge >= 0.3 is 6.18 Å². The van der Waals surface area contributed by atoms with E-state index >= 15 is 0 Å². The van der Waals surface area contributed by atoms with E-state index in [1.165, 1.54) is 11.7 Å². The minimum Gasteiger partial charge on any atom is -0.267 e. The highest BCUT2D eigenvalue weighted by atomic mass is 127. The molecule has 0 aliphatic carbocycles. The summed E-state index contributed by atoms with van der Waals surface area (Å²) in [6.45, 7) is 0. The fourth-order valence-corrected chi connectivity index (χ4v) is 1.86. The van der Waals surface area contributed by atoms with Gasteiger partial charge in [0, 0.05) is 10.6 Å². The molecule has 1 aromatic carbocycles. The number of hydrogen-bond acceptors (Lipinski definition) is 1. The molecule has 2 rings (SSSR count). The van der Waals surface area contributed by atoms with Crippen LogP contribution in [0.1, 0.15) is 5.69 Å². The summed E-state index contributed by atoms with van der Waals surface area (Å²) >= 11 is 2.14. The Labute approximate surface area is 110 Å². The van der Waals surface area contributed by atoms with E-state index < -0.39 is 11.9 Å². The summed E-state index contributed by atoms with van der Waals surface area (Å²) in [5, 5.41) is 3.47. The highest BCUT2D eigenvalue weighted by Gasteiger charge is 2.34. The van der Waals surface area contributed by atoms with Crippen molar-refractivity contribution in [3.63, 3.8) is 0 Å². The third kappa shape index (κ3) is 2.62. The Balaban J connectivity index is 2.46. The largest absolute Gasteiger partial charge is 0.435 e. The van der Waals surface area contributed by atoms with Gasteiger partial charge in [-0.1, -0.05) is 12.1 Å². The highest BCUT2D eigenvalue weighted by molar-refractivity contribution is 14.1. The van der Waals surface area contributed by atoms with Gasteiger partial charge in [-0.25, -0.2) is 0 Å². The van der Waals surface area contributed by atoms with E-state index in [4.69, 9.17) is 0 Å². The Bertz CT molecular complexity index is 529. The molecule has 1 aromatic heterocycles. The Hall–Kier alpha value is -1.05. The van der Waals surface area contributed by atoms with Crippen molar-refractivity contribution in [2.24, 2.45) is 7.05 Å². The van der Waals surface area contributed by atoms with Gasteiger partial charge in [-0.05, 0) is 46.4 Å². The molecule has 0 saturated heterocycles. The number of nitrogens with zero attached hydrogens (tertiary/aromatic N) is 2. The van der Waals surface area contributed by atoms with E-state index in [9.17, 15) is 13.2 Å². The van der Waals surface area contributed by atoms with Crippen LogP contribution in [-0.4, -0.2) is 9.78 Å². The molecule has 0 amide bonds. The first kappa shape index (κ1) is 12.4. The third-order valence-electron chi connectivity index (χ3n) is 2.31. The lowest BCUT2D eigenvalue weighted by Crippen LogP contribution is -2.06. The molecule has 90 valence electrons. The van der Waals surface area contributed by atoms with Crippen LogP contribution in [0.2, 0.25) is 0 Å². The van der Waals surface area contributed by atoms with E-state index in [2.05, 4.69) is 27.7 Å². The molecule has 0 bridgehead atoms. The lowest BCUT2D eigenvalue weighted by atomic mass is 10.1. The van der Waals surface area contributed by atoms with Crippen LogP contribution >= 0.6 is 22.6 Å². The Morgan fingerprint density at radius 3 is 2.24 bits per heavy atom. The van der Waals surface area contributed by atoms with E-state index in [0.717, 1.165) is 15.2 Å². The van der Waals surface area contributed by atoms with Gasteiger partial charge in [0.15, 0.2) is 5.69 Å². The van der Waals surface area contributed by atoms with Gasteiger partial charge in [-0.3, -0.25) is 4.68 Å². The number of benzene rings is 1. The van der Waals surface area contributed by atoms with Crippen molar-refractivity contribution >= 4 is 22.6 Å². The number of aryl methyl sites for hydroxylation is 1. The number of alkyl halides is 3.